The van der Waals surface area contributed by atoms with Crippen LogP contribution in [-0.4, -0.2) is 28.9 Å². The number of hydrogen-bond donors (Lipinski definition) is 0. The predicted molar refractivity (Wildman–Crippen MR) is 42.2 cm³/mol. The summed E-state index contributed by atoms with van der Waals surface area (Å²) < 4.78 is 0. The highest BCUT2D eigenvalue weighted by molar-refractivity contribution is 6.03. The highest BCUT2D eigenvalue weighted by Gasteiger charge is 2.39. The molecule has 0 radical (unpaired) electrons. The molecule has 1 aliphatic heterocycles. The lowest BCUT2D eigenvalue weighted by Crippen LogP contribution is -2.51. The average Bonchev–Trinajstić information content (AvgIpc) is 1.97. The topological polar surface area (TPSA) is 46.6 Å². The van der Waals surface area contributed by atoms with Crippen LogP contribution < -0.4 is 0 Å². The Morgan fingerprint density at radius 3 is 2.58 bits per heavy atom. The molecule has 0 aromatic rings. The summed E-state index contributed by atoms with van der Waals surface area (Å²) in [5, 5.41) is 1.24. The van der Waals surface area contributed by atoms with Gasteiger partial charge in [-0.15, -0.1) is 0 Å². The number of rotatable bonds is 1. The van der Waals surface area contributed by atoms with Crippen molar-refractivity contribution in [2.45, 2.75) is 32.8 Å². The van der Waals surface area contributed by atoms with Crippen molar-refractivity contribution in [3.63, 3.8) is 0 Å². The summed E-state index contributed by atoms with van der Waals surface area (Å²) in [6.45, 7) is 5.63. The van der Waals surface area contributed by atoms with Crippen LogP contribution >= 0.6 is 0 Å². The molecule has 4 heteroatoms. The van der Waals surface area contributed by atoms with Crippen LogP contribution in [-0.2, 0) is 14.4 Å². The summed E-state index contributed by atoms with van der Waals surface area (Å²) in [6, 6.07) is 0. The van der Waals surface area contributed by atoms with Gasteiger partial charge in [-0.1, -0.05) is 0 Å². The van der Waals surface area contributed by atoms with Gasteiger partial charge in [-0.05, 0) is 20.8 Å². The molecule has 1 amide bonds. The first-order chi connectivity index (χ1) is 5.47. The number of hydroxylamine groups is 2. The maximum Gasteiger partial charge on any atom is 0.253 e. The van der Waals surface area contributed by atoms with Gasteiger partial charge in [0.25, 0.3) is 5.91 Å². The van der Waals surface area contributed by atoms with Gasteiger partial charge >= 0.3 is 0 Å². The van der Waals surface area contributed by atoms with E-state index < -0.39 is 5.60 Å². The lowest BCUT2D eigenvalue weighted by molar-refractivity contribution is -0.238. The zero-order chi connectivity index (χ0) is 9.35. The third-order valence-corrected chi connectivity index (χ3v) is 1.89. The Morgan fingerprint density at radius 1 is 1.50 bits per heavy atom. The number of nitrogens with zero attached hydrogens (tertiary/aromatic N) is 1. The zero-order valence-electron chi connectivity index (χ0n) is 7.59. The van der Waals surface area contributed by atoms with Gasteiger partial charge in [0.1, 0.15) is 5.60 Å². The molecule has 0 aliphatic carbocycles. The highest BCUT2D eigenvalue weighted by Crippen LogP contribution is 2.21. The maximum absolute atomic E-state index is 11.2. The van der Waals surface area contributed by atoms with Gasteiger partial charge in [-0.25, -0.2) is 5.06 Å². The molecule has 1 fully saturated rings. The second-order valence-electron chi connectivity index (χ2n) is 3.29. The highest BCUT2D eigenvalue weighted by atomic mass is 16.7. The molecule has 0 N–H and O–H groups in total. The van der Waals surface area contributed by atoms with Gasteiger partial charge in [0.15, 0.2) is 5.78 Å². The second kappa shape index (κ2) is 2.86. The average molecular weight is 171 g/mol. The first-order valence-corrected chi connectivity index (χ1v) is 4.00. The SMILES string of the molecule is CCN1OC(C)(C)C(=O)CC1=O. The molecule has 0 atom stereocenters. The Bertz CT molecular complexity index is 222. The zero-order valence-corrected chi connectivity index (χ0v) is 7.59. The van der Waals surface area contributed by atoms with Crippen molar-refractivity contribution in [2.24, 2.45) is 0 Å². The molecule has 0 aromatic heterocycles. The molecule has 1 aliphatic rings. The molecule has 0 saturated carbocycles. The van der Waals surface area contributed by atoms with Crippen molar-refractivity contribution >= 4 is 11.7 Å². The standard InChI is InChI=1S/C8H13NO3/c1-4-9-7(11)5-6(10)8(2,3)12-9/h4-5H2,1-3H3. The van der Waals surface area contributed by atoms with Gasteiger partial charge in [-0.2, -0.15) is 0 Å². The van der Waals surface area contributed by atoms with Crippen molar-refractivity contribution in [1.82, 2.24) is 5.06 Å². The van der Waals surface area contributed by atoms with E-state index >= 15 is 0 Å². The molecule has 4 nitrogen and oxygen atoms in total. The largest absolute Gasteiger partial charge is 0.296 e. The summed E-state index contributed by atoms with van der Waals surface area (Å²) in [4.78, 5) is 27.5. The van der Waals surface area contributed by atoms with Crippen LogP contribution in [0.5, 0.6) is 0 Å². The Labute approximate surface area is 71.4 Å². The number of Topliss-reactive ketones (excluding diaryl/α,β-unsaturated/α-hetero) is 1. The molecule has 0 spiro atoms. The minimum atomic E-state index is -0.843. The number of amides is 1. The van der Waals surface area contributed by atoms with E-state index in [-0.39, 0.29) is 18.1 Å². The van der Waals surface area contributed by atoms with Crippen molar-refractivity contribution in [1.29, 1.82) is 0 Å². The van der Waals surface area contributed by atoms with Crippen LogP contribution in [0, 0.1) is 0 Å². The molecular formula is C8H13NO3. The van der Waals surface area contributed by atoms with Crippen molar-refractivity contribution in [3.05, 3.63) is 0 Å². The summed E-state index contributed by atoms with van der Waals surface area (Å²) in [5.41, 5.74) is -0.843. The Hall–Kier alpha value is -0.900. The van der Waals surface area contributed by atoms with Crippen molar-refractivity contribution < 1.29 is 14.4 Å². The van der Waals surface area contributed by atoms with Gasteiger partial charge < -0.3 is 0 Å². The molecule has 0 bridgehead atoms. The van der Waals surface area contributed by atoms with Gasteiger partial charge in [0, 0.05) is 6.54 Å². The minimum Gasteiger partial charge on any atom is -0.296 e. The van der Waals surface area contributed by atoms with Crippen LogP contribution in [0.3, 0.4) is 0 Å². The fourth-order valence-corrected chi connectivity index (χ4v) is 1.06. The first kappa shape index (κ1) is 9.19. The van der Waals surface area contributed by atoms with Crippen LogP contribution in [0.4, 0.5) is 0 Å². The lowest BCUT2D eigenvalue weighted by atomic mass is 9.99. The fourth-order valence-electron chi connectivity index (χ4n) is 1.06. The number of hydrogen-bond acceptors (Lipinski definition) is 3. The van der Waals surface area contributed by atoms with Crippen molar-refractivity contribution in [3.8, 4) is 0 Å². The summed E-state index contributed by atoms with van der Waals surface area (Å²) >= 11 is 0. The molecule has 0 aromatic carbocycles. The fraction of sp³-hybridized carbons (Fsp3) is 0.750. The first-order valence-electron chi connectivity index (χ1n) is 4.00. The summed E-state index contributed by atoms with van der Waals surface area (Å²) in [5.74, 6) is -0.404. The van der Waals surface area contributed by atoms with E-state index in [1.807, 2.05) is 6.92 Å². The van der Waals surface area contributed by atoms with Gasteiger partial charge in [0.05, 0.1) is 6.42 Å². The summed E-state index contributed by atoms with van der Waals surface area (Å²) in [7, 11) is 0. The van der Waals surface area contributed by atoms with Crippen LogP contribution in [0.25, 0.3) is 0 Å². The smallest absolute Gasteiger partial charge is 0.253 e. The van der Waals surface area contributed by atoms with E-state index in [2.05, 4.69) is 0 Å². The van der Waals surface area contributed by atoms with E-state index in [4.69, 9.17) is 4.84 Å². The molecule has 68 valence electrons. The van der Waals surface area contributed by atoms with E-state index in [9.17, 15) is 9.59 Å². The van der Waals surface area contributed by atoms with Crippen LogP contribution in [0.1, 0.15) is 27.2 Å². The van der Waals surface area contributed by atoms with Gasteiger partial charge in [0.2, 0.25) is 0 Å². The van der Waals surface area contributed by atoms with E-state index in [1.54, 1.807) is 13.8 Å². The van der Waals surface area contributed by atoms with E-state index in [0.29, 0.717) is 6.54 Å². The van der Waals surface area contributed by atoms with Crippen molar-refractivity contribution in [2.75, 3.05) is 6.54 Å². The molecule has 0 unspecified atom stereocenters. The lowest BCUT2D eigenvalue weighted by Gasteiger charge is -2.35. The molecule has 12 heavy (non-hydrogen) atoms. The Balaban J connectivity index is 2.77. The molecule has 1 rings (SSSR count). The number of ketones is 1. The monoisotopic (exact) mass is 171 g/mol. The summed E-state index contributed by atoms with van der Waals surface area (Å²) in [6.07, 6.45) is -0.0408. The minimum absolute atomic E-state index is 0.0408. The normalized spacial score (nSPS) is 23.1. The molecule has 1 saturated heterocycles. The Kier molecular flexibility index (Phi) is 2.19. The molecule has 1 heterocycles. The quantitative estimate of drug-likeness (QED) is 0.540. The maximum atomic E-state index is 11.2. The second-order valence-corrected chi connectivity index (χ2v) is 3.29. The van der Waals surface area contributed by atoms with E-state index in [0.717, 1.165) is 0 Å². The van der Waals surface area contributed by atoms with Gasteiger partial charge in [-0.3, -0.25) is 14.4 Å². The number of carbonyl (C=O) groups excluding carboxylic acids is 2. The Morgan fingerprint density at radius 2 is 2.08 bits per heavy atom. The van der Waals surface area contributed by atoms with Crippen LogP contribution in [0.2, 0.25) is 0 Å². The predicted octanol–water partition coefficient (Wildman–Crippen LogP) is 0.518. The third kappa shape index (κ3) is 1.48. The van der Waals surface area contributed by atoms with E-state index in [1.165, 1.54) is 5.06 Å². The number of carbonyl (C=O) groups is 2. The molecular weight excluding hydrogens is 158 g/mol. The van der Waals surface area contributed by atoms with Crippen LogP contribution in [0.15, 0.2) is 0 Å². The third-order valence-electron chi connectivity index (χ3n) is 1.89.